The number of benzene rings is 3. The Balaban J connectivity index is 1.32. The van der Waals surface area contributed by atoms with Crippen LogP contribution in [0.15, 0.2) is 95.9 Å². The molecule has 4 aliphatic heterocycles. The molecule has 3 aromatic rings. The van der Waals surface area contributed by atoms with E-state index in [-0.39, 0.29) is 51.5 Å². The second-order valence-corrected chi connectivity index (χ2v) is 22.2. The molecule has 17 nitrogen and oxygen atoms in total. The molecule has 1 fully saturated rings. The van der Waals surface area contributed by atoms with E-state index in [2.05, 4.69) is 11.0 Å². The van der Waals surface area contributed by atoms with Crippen molar-refractivity contribution in [3.63, 3.8) is 0 Å². The summed E-state index contributed by atoms with van der Waals surface area (Å²) >= 11 is 0. The maximum Gasteiger partial charge on any atom is 0.333 e. The third-order valence-electron chi connectivity index (χ3n) is 12.3. The SMILES string of the molecule is CC1=CC(C)(C)N(CCCS(=O)(=O)O)c2cc3c(cc21)/C(=C/C=C/C1=[N+](CCCS(=O)(=O)O)c2ccc(S(=O)(=O)O)cc2C1(C)CCCC(=O)ON1C(=O)CCC1=O)C=C(c1ccccc1)O3. The van der Waals surface area contributed by atoms with Crippen LogP contribution in [0.1, 0.15) is 94.9 Å². The van der Waals surface area contributed by atoms with Crippen molar-refractivity contribution in [1.29, 1.82) is 0 Å². The Kier molecular flexibility index (Phi) is 13.7. The van der Waals surface area contributed by atoms with Gasteiger partial charge in [-0.25, -0.2) is 4.79 Å². The lowest BCUT2D eigenvalue weighted by molar-refractivity contribution is -0.437. The van der Waals surface area contributed by atoms with Gasteiger partial charge < -0.3 is 14.5 Å². The highest BCUT2D eigenvalue weighted by molar-refractivity contribution is 7.86. The molecule has 1 unspecified atom stereocenters. The highest BCUT2D eigenvalue weighted by Gasteiger charge is 2.48. The van der Waals surface area contributed by atoms with E-state index in [1.54, 1.807) is 16.7 Å². The highest BCUT2D eigenvalue weighted by Crippen LogP contribution is 2.48. The van der Waals surface area contributed by atoms with Crippen LogP contribution in [0.25, 0.3) is 16.9 Å². The molecule has 0 bridgehead atoms. The molecule has 4 heterocycles. The Labute approximate surface area is 390 Å². The Bertz CT molecular complexity index is 3030. The van der Waals surface area contributed by atoms with E-state index in [1.807, 2.05) is 82.3 Å². The number of nitrogens with zero attached hydrogens (tertiary/aromatic N) is 3. The van der Waals surface area contributed by atoms with Crippen LogP contribution >= 0.6 is 0 Å². The van der Waals surface area contributed by atoms with E-state index in [1.165, 1.54) is 18.2 Å². The Morgan fingerprint density at radius 1 is 0.866 bits per heavy atom. The lowest BCUT2D eigenvalue weighted by atomic mass is 9.75. The van der Waals surface area contributed by atoms with Gasteiger partial charge in [0.25, 0.3) is 42.2 Å². The van der Waals surface area contributed by atoms with Gasteiger partial charge in [-0.1, -0.05) is 48.6 Å². The largest absolute Gasteiger partial charge is 0.456 e. The van der Waals surface area contributed by atoms with E-state index in [0.29, 0.717) is 40.1 Å². The fourth-order valence-electron chi connectivity index (χ4n) is 9.21. The van der Waals surface area contributed by atoms with Gasteiger partial charge in [-0.15, -0.1) is 5.06 Å². The first-order chi connectivity index (χ1) is 31.3. The van der Waals surface area contributed by atoms with Crippen LogP contribution in [0, 0.1) is 0 Å². The Morgan fingerprint density at radius 2 is 1.54 bits per heavy atom. The second kappa shape index (κ2) is 18.7. The summed E-state index contributed by atoms with van der Waals surface area (Å²) < 4.78 is 110. The predicted molar refractivity (Wildman–Crippen MR) is 250 cm³/mol. The zero-order valence-corrected chi connectivity index (χ0v) is 39.8. The summed E-state index contributed by atoms with van der Waals surface area (Å²) in [5.74, 6) is -2.02. The normalized spacial score (nSPS) is 19.9. The monoisotopic (exact) mass is 978 g/mol. The number of ether oxygens (including phenoxy) is 1. The first-order valence-corrected chi connectivity index (χ1v) is 26.2. The molecule has 0 saturated carbocycles. The van der Waals surface area contributed by atoms with Gasteiger partial charge in [-0.3, -0.25) is 23.2 Å². The Hall–Kier alpha value is -5.77. The molecule has 3 aromatic carbocycles. The number of allylic oxidation sites excluding steroid dienone is 6. The minimum atomic E-state index is -4.69. The molecule has 0 aromatic heterocycles. The number of imide groups is 1. The van der Waals surface area contributed by atoms with Crippen LogP contribution in [0.5, 0.6) is 5.75 Å². The molecule has 7 rings (SSSR count). The summed E-state index contributed by atoms with van der Waals surface area (Å²) in [4.78, 5) is 44.0. The number of anilines is 1. The number of hydrogen-bond donors (Lipinski definition) is 3. The molecule has 4 aliphatic rings. The number of hydrogen-bond acceptors (Lipinski definition) is 12. The van der Waals surface area contributed by atoms with Gasteiger partial charge in [0, 0.05) is 78.4 Å². The average Bonchev–Trinajstić information content (AvgIpc) is 3.67. The first-order valence-electron chi connectivity index (χ1n) is 21.6. The van der Waals surface area contributed by atoms with Crippen molar-refractivity contribution in [1.82, 2.24) is 5.06 Å². The van der Waals surface area contributed by atoms with Gasteiger partial charge in [-0.05, 0) is 82.4 Å². The predicted octanol–water partition coefficient (Wildman–Crippen LogP) is 6.70. The van der Waals surface area contributed by atoms with Crippen molar-refractivity contribution in [3.8, 4) is 5.75 Å². The fraction of sp³-hybridized carbons (Fsp3) is 0.362. The molecule has 0 aliphatic carbocycles. The maximum absolute atomic E-state index is 12.9. The first kappa shape index (κ1) is 49.1. The third-order valence-corrected chi connectivity index (χ3v) is 14.8. The number of rotatable bonds is 17. The van der Waals surface area contributed by atoms with Crippen LogP contribution in [-0.2, 0) is 55.0 Å². The number of carbonyl (C=O) groups is 3. The summed E-state index contributed by atoms with van der Waals surface area (Å²) in [6, 6.07) is 17.4. The number of hydroxylamine groups is 2. The maximum atomic E-state index is 12.9. The van der Waals surface area contributed by atoms with E-state index in [4.69, 9.17) is 9.57 Å². The van der Waals surface area contributed by atoms with Crippen LogP contribution < -0.4 is 9.64 Å². The van der Waals surface area contributed by atoms with Crippen LogP contribution in [0.4, 0.5) is 11.4 Å². The van der Waals surface area contributed by atoms with Crippen molar-refractivity contribution >= 4 is 82.1 Å². The third kappa shape index (κ3) is 11.0. The van der Waals surface area contributed by atoms with Crippen LogP contribution in [-0.4, -0.2) is 102 Å². The molecule has 2 amide bonds. The quantitative estimate of drug-likeness (QED) is 0.0724. The highest BCUT2D eigenvalue weighted by atomic mass is 32.2. The molecular formula is C47H52N3O14S3+. The van der Waals surface area contributed by atoms with Crippen molar-refractivity contribution in [2.45, 2.75) is 88.5 Å². The summed E-state index contributed by atoms with van der Waals surface area (Å²) in [6.07, 6.45) is 9.46. The number of fused-ring (bicyclic) bond motifs is 3. The van der Waals surface area contributed by atoms with Gasteiger partial charge in [0.1, 0.15) is 18.1 Å². The number of carbonyl (C=O) groups excluding carboxylic acids is 3. The second-order valence-electron chi connectivity index (χ2n) is 17.7. The molecule has 0 radical (unpaired) electrons. The van der Waals surface area contributed by atoms with Gasteiger partial charge in [0.15, 0.2) is 5.71 Å². The summed E-state index contributed by atoms with van der Waals surface area (Å²) in [5, 5.41) is 0.460. The van der Waals surface area contributed by atoms with Gasteiger partial charge >= 0.3 is 5.97 Å². The van der Waals surface area contributed by atoms with E-state index < -0.39 is 75.5 Å². The van der Waals surface area contributed by atoms with Crippen molar-refractivity contribution in [2.75, 3.05) is 29.5 Å². The van der Waals surface area contributed by atoms with Crippen molar-refractivity contribution in [3.05, 3.63) is 113 Å². The molecule has 3 N–H and O–H groups in total. The van der Waals surface area contributed by atoms with E-state index in [0.717, 1.165) is 33.5 Å². The van der Waals surface area contributed by atoms with E-state index in [9.17, 15) is 53.3 Å². The van der Waals surface area contributed by atoms with Crippen molar-refractivity contribution < 1.29 is 67.4 Å². The summed E-state index contributed by atoms with van der Waals surface area (Å²) in [6.45, 7) is 8.22. The van der Waals surface area contributed by atoms with Crippen LogP contribution in [0.2, 0.25) is 0 Å². The summed E-state index contributed by atoms with van der Waals surface area (Å²) in [5.41, 5.74) is 4.78. The average molecular weight is 979 g/mol. The lowest BCUT2D eigenvalue weighted by Gasteiger charge is -2.44. The van der Waals surface area contributed by atoms with E-state index >= 15 is 0 Å². The molecule has 0 spiro atoms. The topological polar surface area (TPSA) is 242 Å². The zero-order valence-electron chi connectivity index (χ0n) is 37.3. The van der Waals surface area contributed by atoms with Gasteiger partial charge in [0.05, 0.1) is 27.4 Å². The zero-order chi connectivity index (χ0) is 48.7. The van der Waals surface area contributed by atoms with Gasteiger partial charge in [0.2, 0.25) is 5.69 Å². The molecule has 356 valence electrons. The molecule has 20 heteroatoms. The smallest absolute Gasteiger partial charge is 0.333 e. The Morgan fingerprint density at radius 3 is 2.19 bits per heavy atom. The molecule has 1 saturated heterocycles. The molecular weight excluding hydrogens is 927 g/mol. The molecule has 1 atom stereocenters. The van der Waals surface area contributed by atoms with Gasteiger partial charge in [-0.2, -0.15) is 29.8 Å². The standard InChI is InChI=1S/C47H51N3O14S3/c1-31-30-46(2,3)49(23-11-25-66(57,58)59)39-29-41-36(28-35(31)39)33(26-40(63-41)32-12-6-5-7-13-32)14-8-15-42-47(4,21-9-16-45(53)64-50-43(51)19-20-44(50)52)37-27-34(67(60,61)62)17-18-38(37)48(42)22-10-24-65(54,55)56/h5-8,12-15,17-18,26-30H,9-11,16,19-25H2,1-4H3,(H2-,54,55,56,57,58,59,60,61,62)/p+1. The van der Waals surface area contributed by atoms with Crippen LogP contribution in [0.3, 0.4) is 0 Å². The fourth-order valence-corrected chi connectivity index (χ4v) is 10.7. The lowest BCUT2D eigenvalue weighted by Crippen LogP contribution is -2.46. The van der Waals surface area contributed by atoms with Crippen molar-refractivity contribution in [2.24, 2.45) is 0 Å². The summed E-state index contributed by atoms with van der Waals surface area (Å²) in [7, 11) is -13.2. The minimum Gasteiger partial charge on any atom is -0.456 e. The minimum absolute atomic E-state index is 0.0352. The molecule has 67 heavy (non-hydrogen) atoms. The number of amides is 2.